The monoisotopic (exact) mass is 362 g/mol. The van der Waals surface area contributed by atoms with Crippen LogP contribution in [-0.4, -0.2) is 10.8 Å². The quantitative estimate of drug-likeness (QED) is 0.303. The van der Waals surface area contributed by atoms with Gasteiger partial charge in [0.25, 0.3) is 11.6 Å². The SMILES string of the molecule is O=C(Nc1ccccc1F)/C(=C/c1cccc([N+](=O)[O-])c1)c1ccccc1. The molecule has 0 aliphatic carbocycles. The summed E-state index contributed by atoms with van der Waals surface area (Å²) in [5, 5.41) is 13.5. The molecule has 3 rings (SSSR count). The Bertz CT molecular complexity index is 1020. The van der Waals surface area contributed by atoms with Gasteiger partial charge in [0.2, 0.25) is 0 Å². The van der Waals surface area contributed by atoms with E-state index in [1.807, 2.05) is 6.07 Å². The van der Waals surface area contributed by atoms with Gasteiger partial charge in [0, 0.05) is 17.7 Å². The fourth-order valence-corrected chi connectivity index (χ4v) is 2.54. The molecule has 0 aromatic heterocycles. The lowest BCUT2D eigenvalue weighted by molar-refractivity contribution is -0.384. The minimum Gasteiger partial charge on any atom is -0.319 e. The molecule has 5 nitrogen and oxygen atoms in total. The summed E-state index contributed by atoms with van der Waals surface area (Å²) in [5.41, 5.74) is 1.35. The number of nitrogens with one attached hydrogen (secondary N) is 1. The predicted octanol–water partition coefficient (Wildman–Crippen LogP) is 4.91. The van der Waals surface area contributed by atoms with Crippen molar-refractivity contribution in [3.05, 3.63) is 106 Å². The molecule has 3 aromatic carbocycles. The number of hydrogen-bond donors (Lipinski definition) is 1. The number of halogens is 1. The van der Waals surface area contributed by atoms with Crippen LogP contribution in [0.4, 0.5) is 15.8 Å². The Hall–Kier alpha value is -3.80. The number of carbonyl (C=O) groups is 1. The molecule has 1 amide bonds. The zero-order valence-corrected chi connectivity index (χ0v) is 14.1. The standard InChI is InChI=1S/C21H15FN2O3/c22-19-11-4-5-12-20(19)23-21(25)18(16-8-2-1-3-9-16)14-15-7-6-10-17(13-15)24(26)27/h1-14H,(H,23,25)/b18-14+. The molecule has 0 aliphatic heterocycles. The third-order valence-electron chi connectivity index (χ3n) is 3.84. The van der Waals surface area contributed by atoms with E-state index in [1.54, 1.807) is 48.5 Å². The largest absolute Gasteiger partial charge is 0.319 e. The number of non-ortho nitro benzene ring substituents is 1. The third kappa shape index (κ3) is 4.43. The van der Waals surface area contributed by atoms with Crippen LogP contribution in [0.1, 0.15) is 11.1 Å². The zero-order valence-electron chi connectivity index (χ0n) is 14.1. The zero-order chi connectivity index (χ0) is 19.2. The van der Waals surface area contributed by atoms with E-state index in [0.717, 1.165) is 0 Å². The highest BCUT2D eigenvalue weighted by atomic mass is 19.1. The first-order valence-corrected chi connectivity index (χ1v) is 8.12. The van der Waals surface area contributed by atoms with Gasteiger partial charge < -0.3 is 5.32 Å². The van der Waals surface area contributed by atoms with Gasteiger partial charge in [-0.2, -0.15) is 0 Å². The normalized spacial score (nSPS) is 11.1. The number of carbonyl (C=O) groups excluding carboxylic acids is 1. The molecule has 0 heterocycles. The van der Waals surface area contributed by atoms with Crippen molar-refractivity contribution in [1.29, 1.82) is 0 Å². The number of rotatable bonds is 5. The molecule has 3 aromatic rings. The van der Waals surface area contributed by atoms with Crippen molar-refractivity contribution in [2.75, 3.05) is 5.32 Å². The van der Waals surface area contributed by atoms with Crippen LogP contribution >= 0.6 is 0 Å². The van der Waals surface area contributed by atoms with E-state index >= 15 is 0 Å². The number of para-hydroxylation sites is 1. The summed E-state index contributed by atoms with van der Waals surface area (Å²) < 4.78 is 13.9. The van der Waals surface area contributed by atoms with Crippen LogP contribution in [0.25, 0.3) is 11.6 Å². The summed E-state index contributed by atoms with van der Waals surface area (Å²) in [4.78, 5) is 23.3. The van der Waals surface area contributed by atoms with Crippen molar-refractivity contribution >= 4 is 28.9 Å². The van der Waals surface area contributed by atoms with Gasteiger partial charge in [-0.1, -0.05) is 54.6 Å². The molecule has 0 atom stereocenters. The number of amides is 1. The fraction of sp³-hybridized carbons (Fsp3) is 0. The van der Waals surface area contributed by atoms with Crippen LogP contribution in [0, 0.1) is 15.9 Å². The molecule has 0 spiro atoms. The predicted molar refractivity (Wildman–Crippen MR) is 102 cm³/mol. The highest BCUT2D eigenvalue weighted by Crippen LogP contribution is 2.23. The van der Waals surface area contributed by atoms with E-state index in [9.17, 15) is 19.3 Å². The average Bonchev–Trinajstić information content (AvgIpc) is 2.68. The summed E-state index contributed by atoms with van der Waals surface area (Å²) in [6, 6.07) is 20.6. The van der Waals surface area contributed by atoms with E-state index in [2.05, 4.69) is 5.32 Å². The summed E-state index contributed by atoms with van der Waals surface area (Å²) in [5.74, 6) is -1.06. The number of anilines is 1. The van der Waals surface area contributed by atoms with Crippen LogP contribution in [0.2, 0.25) is 0 Å². The highest BCUT2D eigenvalue weighted by Gasteiger charge is 2.15. The molecule has 0 bridgehead atoms. The molecular weight excluding hydrogens is 347 g/mol. The summed E-state index contributed by atoms with van der Waals surface area (Å²) in [6.07, 6.45) is 1.54. The first-order chi connectivity index (χ1) is 13.0. The van der Waals surface area contributed by atoms with Gasteiger partial charge in [-0.3, -0.25) is 14.9 Å². The van der Waals surface area contributed by atoms with Gasteiger partial charge in [0.1, 0.15) is 5.82 Å². The lowest BCUT2D eigenvalue weighted by atomic mass is 10.0. The highest BCUT2D eigenvalue weighted by molar-refractivity contribution is 6.29. The van der Waals surface area contributed by atoms with Gasteiger partial charge in [-0.15, -0.1) is 0 Å². The van der Waals surface area contributed by atoms with E-state index < -0.39 is 16.6 Å². The maximum absolute atomic E-state index is 13.9. The number of nitro benzene ring substituents is 1. The second-order valence-corrected chi connectivity index (χ2v) is 5.71. The molecule has 0 saturated heterocycles. The maximum atomic E-state index is 13.9. The van der Waals surface area contributed by atoms with Crippen molar-refractivity contribution in [3.63, 3.8) is 0 Å². The average molecular weight is 362 g/mol. The topological polar surface area (TPSA) is 72.2 Å². The summed E-state index contributed by atoms with van der Waals surface area (Å²) >= 11 is 0. The van der Waals surface area contributed by atoms with Crippen molar-refractivity contribution in [3.8, 4) is 0 Å². The smallest absolute Gasteiger partial charge is 0.270 e. The number of benzene rings is 3. The van der Waals surface area contributed by atoms with Gasteiger partial charge in [0.05, 0.1) is 10.6 Å². The lowest BCUT2D eigenvalue weighted by Gasteiger charge is -2.10. The Morgan fingerprint density at radius 1 is 0.963 bits per heavy atom. The molecule has 1 N–H and O–H groups in total. The number of hydrogen-bond acceptors (Lipinski definition) is 3. The van der Waals surface area contributed by atoms with Crippen LogP contribution in [-0.2, 0) is 4.79 Å². The van der Waals surface area contributed by atoms with Crippen molar-refractivity contribution in [2.24, 2.45) is 0 Å². The number of nitro groups is 1. The lowest BCUT2D eigenvalue weighted by Crippen LogP contribution is -2.14. The Morgan fingerprint density at radius 2 is 1.67 bits per heavy atom. The molecule has 6 heteroatoms. The second kappa shape index (κ2) is 8.05. The Balaban J connectivity index is 2.01. The van der Waals surface area contributed by atoms with E-state index in [0.29, 0.717) is 11.1 Å². The Kier molecular flexibility index (Phi) is 5.37. The van der Waals surface area contributed by atoms with Crippen LogP contribution in [0.3, 0.4) is 0 Å². The van der Waals surface area contributed by atoms with Gasteiger partial charge >= 0.3 is 0 Å². The summed E-state index contributed by atoms with van der Waals surface area (Å²) in [7, 11) is 0. The molecule has 0 aliphatic rings. The minimum absolute atomic E-state index is 0.0587. The molecular formula is C21H15FN2O3. The van der Waals surface area contributed by atoms with Crippen LogP contribution in [0.5, 0.6) is 0 Å². The van der Waals surface area contributed by atoms with Crippen molar-refractivity contribution in [1.82, 2.24) is 0 Å². The first-order valence-electron chi connectivity index (χ1n) is 8.12. The maximum Gasteiger partial charge on any atom is 0.270 e. The molecule has 134 valence electrons. The number of nitrogens with zero attached hydrogens (tertiary/aromatic N) is 1. The Morgan fingerprint density at radius 3 is 2.37 bits per heavy atom. The van der Waals surface area contributed by atoms with Crippen LogP contribution < -0.4 is 5.32 Å². The third-order valence-corrected chi connectivity index (χ3v) is 3.84. The molecule has 0 saturated carbocycles. The van der Waals surface area contributed by atoms with Gasteiger partial charge in [-0.25, -0.2) is 4.39 Å². The van der Waals surface area contributed by atoms with E-state index in [4.69, 9.17) is 0 Å². The summed E-state index contributed by atoms with van der Waals surface area (Å²) in [6.45, 7) is 0. The molecule has 27 heavy (non-hydrogen) atoms. The Labute approximate surface area is 154 Å². The van der Waals surface area contributed by atoms with Crippen molar-refractivity contribution in [2.45, 2.75) is 0 Å². The van der Waals surface area contributed by atoms with Crippen molar-refractivity contribution < 1.29 is 14.1 Å². The van der Waals surface area contributed by atoms with Crippen LogP contribution in [0.15, 0.2) is 78.9 Å². The molecule has 0 radical (unpaired) electrons. The van der Waals surface area contributed by atoms with Gasteiger partial charge in [-0.05, 0) is 29.3 Å². The fourth-order valence-electron chi connectivity index (χ4n) is 2.54. The van der Waals surface area contributed by atoms with E-state index in [-0.39, 0.29) is 16.9 Å². The minimum atomic E-state index is -0.548. The first kappa shape index (κ1) is 18.0. The van der Waals surface area contributed by atoms with E-state index in [1.165, 1.54) is 30.3 Å². The molecule has 0 unspecified atom stereocenters. The molecule has 0 fully saturated rings. The second-order valence-electron chi connectivity index (χ2n) is 5.71. The van der Waals surface area contributed by atoms with Gasteiger partial charge in [0.15, 0.2) is 0 Å².